The van der Waals surface area contributed by atoms with Gasteiger partial charge in [0.15, 0.2) is 0 Å². The molecule has 2 N–H and O–H groups in total. The van der Waals surface area contributed by atoms with E-state index in [1.165, 1.54) is 6.07 Å². The van der Waals surface area contributed by atoms with Crippen molar-refractivity contribution in [3.8, 4) is 0 Å². The number of rotatable bonds is 5. The van der Waals surface area contributed by atoms with Gasteiger partial charge in [-0.1, -0.05) is 15.9 Å². The fraction of sp³-hybridized carbons (Fsp3) is 0.417. The number of alkyl halides is 1. The molecule has 0 saturated carbocycles. The van der Waals surface area contributed by atoms with Crippen LogP contribution in [0, 0.1) is 5.82 Å². The number of nitrogens with one attached hydrogen (secondary N) is 2. The molecule has 7 heteroatoms. The fourth-order valence-electron chi connectivity index (χ4n) is 1.68. The van der Waals surface area contributed by atoms with Gasteiger partial charge in [0, 0.05) is 17.6 Å². The Morgan fingerprint density at radius 1 is 1.58 bits per heavy atom. The summed E-state index contributed by atoms with van der Waals surface area (Å²) in [5.41, 5.74) is 0.606. The second kappa shape index (κ2) is 6.54. The highest BCUT2D eigenvalue weighted by Crippen LogP contribution is 2.30. The smallest absolute Gasteiger partial charge is 0.239 e. The maximum absolute atomic E-state index is 13.9. The highest BCUT2D eigenvalue weighted by Gasteiger charge is 2.19. The number of hydrogen-bond donors (Lipinski definition) is 2. The molecule has 0 aromatic heterocycles. The molecule has 104 valence electrons. The van der Waals surface area contributed by atoms with Gasteiger partial charge in [-0.3, -0.25) is 4.79 Å². The van der Waals surface area contributed by atoms with Gasteiger partial charge >= 0.3 is 0 Å². The summed E-state index contributed by atoms with van der Waals surface area (Å²) in [6.07, 6.45) is 1.12. The Balaban J connectivity index is 2.14. The van der Waals surface area contributed by atoms with Gasteiger partial charge in [0.25, 0.3) is 0 Å². The van der Waals surface area contributed by atoms with Gasteiger partial charge in [-0.25, -0.2) is 4.39 Å². The van der Waals surface area contributed by atoms with Gasteiger partial charge in [-0.05, 0) is 18.6 Å². The number of anilines is 2. The van der Waals surface area contributed by atoms with Gasteiger partial charge in [0.1, 0.15) is 17.4 Å². The molecule has 1 atom stereocenters. The molecule has 1 unspecified atom stereocenters. The molecular weight excluding hydrogens is 338 g/mol. The van der Waals surface area contributed by atoms with Crippen molar-refractivity contribution < 1.29 is 13.9 Å². The molecule has 1 fully saturated rings. The summed E-state index contributed by atoms with van der Waals surface area (Å²) < 4.78 is 19.7. The van der Waals surface area contributed by atoms with E-state index in [2.05, 4.69) is 26.6 Å². The molecule has 1 aliphatic rings. The number of benzene rings is 1. The first-order valence-corrected chi connectivity index (χ1v) is 7.13. The summed E-state index contributed by atoms with van der Waals surface area (Å²) in [5.74, 6) is -1.20. The molecule has 2 rings (SSSR count). The molecule has 0 aliphatic carbocycles. The summed E-state index contributed by atoms with van der Waals surface area (Å²) in [6, 6.07) is 2.99. The number of hydrogen-bond acceptors (Lipinski definition) is 3. The van der Waals surface area contributed by atoms with Crippen molar-refractivity contribution in [2.75, 3.05) is 29.7 Å². The van der Waals surface area contributed by atoms with Crippen LogP contribution >= 0.6 is 27.5 Å². The Hall–Kier alpha value is -0.850. The van der Waals surface area contributed by atoms with Crippen molar-refractivity contribution in [2.24, 2.45) is 0 Å². The zero-order chi connectivity index (χ0) is 13.8. The van der Waals surface area contributed by atoms with Crippen LogP contribution in [-0.4, -0.2) is 31.0 Å². The van der Waals surface area contributed by atoms with E-state index < -0.39 is 11.7 Å². The Morgan fingerprint density at radius 3 is 2.89 bits per heavy atom. The minimum Gasteiger partial charge on any atom is -0.381 e. The van der Waals surface area contributed by atoms with Gasteiger partial charge in [0.05, 0.1) is 11.8 Å². The fourth-order valence-corrected chi connectivity index (χ4v) is 2.18. The first-order valence-electron chi connectivity index (χ1n) is 5.80. The quantitative estimate of drug-likeness (QED) is 0.802. The predicted molar refractivity (Wildman–Crippen MR) is 76.3 cm³/mol. The number of amides is 1. The van der Waals surface area contributed by atoms with E-state index >= 15 is 0 Å². The van der Waals surface area contributed by atoms with Crippen molar-refractivity contribution >= 4 is 44.8 Å². The lowest BCUT2D eigenvalue weighted by Crippen LogP contribution is -2.33. The third kappa shape index (κ3) is 3.81. The molecule has 4 nitrogen and oxygen atoms in total. The highest BCUT2D eigenvalue weighted by molar-refractivity contribution is 9.10. The van der Waals surface area contributed by atoms with Crippen LogP contribution in [0.5, 0.6) is 0 Å². The second-order valence-electron chi connectivity index (χ2n) is 4.15. The van der Waals surface area contributed by atoms with Crippen molar-refractivity contribution in [1.82, 2.24) is 0 Å². The minimum atomic E-state index is -0.523. The predicted octanol–water partition coefficient (Wildman–Crippen LogP) is 2.97. The number of ether oxygens (including phenoxy) is 1. The van der Waals surface area contributed by atoms with Crippen LogP contribution in [-0.2, 0) is 9.53 Å². The van der Waals surface area contributed by atoms with Gasteiger partial charge < -0.3 is 15.4 Å². The SMILES string of the molecule is O=C(CCl)Nc1c(F)cc(Br)cc1NCC1CCO1. The normalized spacial score (nSPS) is 17.7. The molecule has 1 amide bonds. The zero-order valence-electron chi connectivity index (χ0n) is 10.0. The lowest BCUT2D eigenvalue weighted by Gasteiger charge is -2.27. The standard InChI is InChI=1S/C12H13BrClFN2O2/c13-7-3-9(15)12(17-11(18)5-14)10(4-7)16-6-8-1-2-19-8/h3-4,8,16H,1-2,5-6H2,(H,17,18). The first kappa shape index (κ1) is 14.6. The molecule has 1 aromatic rings. The molecule has 1 aliphatic heterocycles. The maximum Gasteiger partial charge on any atom is 0.239 e. The minimum absolute atomic E-state index is 0.105. The van der Waals surface area contributed by atoms with E-state index in [9.17, 15) is 9.18 Å². The summed E-state index contributed by atoms with van der Waals surface area (Å²) in [5, 5.41) is 5.52. The van der Waals surface area contributed by atoms with Crippen molar-refractivity contribution in [3.05, 3.63) is 22.4 Å². The second-order valence-corrected chi connectivity index (χ2v) is 5.34. The first-order chi connectivity index (χ1) is 9.10. The van der Waals surface area contributed by atoms with Crippen LogP contribution in [0.25, 0.3) is 0 Å². The molecule has 1 saturated heterocycles. The maximum atomic E-state index is 13.9. The molecule has 0 radical (unpaired) electrons. The Morgan fingerprint density at radius 2 is 2.32 bits per heavy atom. The van der Waals surface area contributed by atoms with E-state index in [-0.39, 0.29) is 17.7 Å². The van der Waals surface area contributed by atoms with Crippen molar-refractivity contribution in [1.29, 1.82) is 0 Å². The zero-order valence-corrected chi connectivity index (χ0v) is 12.4. The lowest BCUT2D eigenvalue weighted by atomic mass is 10.2. The van der Waals surface area contributed by atoms with Crippen molar-refractivity contribution in [2.45, 2.75) is 12.5 Å². The number of carbonyl (C=O) groups excluding carboxylic acids is 1. The van der Waals surface area contributed by atoms with Crippen molar-refractivity contribution in [3.63, 3.8) is 0 Å². The van der Waals surface area contributed by atoms with Crippen LogP contribution < -0.4 is 10.6 Å². The third-order valence-corrected chi connectivity index (χ3v) is 3.45. The molecular formula is C12H13BrClFN2O2. The average Bonchev–Trinajstić information content (AvgIpc) is 2.31. The topological polar surface area (TPSA) is 50.4 Å². The van der Waals surface area contributed by atoms with E-state index in [4.69, 9.17) is 16.3 Å². The largest absolute Gasteiger partial charge is 0.381 e. The van der Waals surface area contributed by atoms with Crippen LogP contribution in [0.2, 0.25) is 0 Å². The third-order valence-electron chi connectivity index (χ3n) is 2.75. The summed E-state index contributed by atoms with van der Waals surface area (Å²) in [7, 11) is 0. The van der Waals surface area contributed by atoms with Crippen LogP contribution in [0.15, 0.2) is 16.6 Å². The van der Waals surface area contributed by atoms with Gasteiger partial charge in [0.2, 0.25) is 5.91 Å². The van der Waals surface area contributed by atoms with Crippen LogP contribution in [0.3, 0.4) is 0 Å². The summed E-state index contributed by atoms with van der Waals surface area (Å²) in [4.78, 5) is 11.3. The highest BCUT2D eigenvalue weighted by atomic mass is 79.9. The van der Waals surface area contributed by atoms with Gasteiger partial charge in [-0.2, -0.15) is 0 Å². The average molecular weight is 352 g/mol. The van der Waals surface area contributed by atoms with E-state index in [0.29, 0.717) is 16.7 Å². The molecule has 0 spiro atoms. The summed E-state index contributed by atoms with van der Waals surface area (Å²) in [6.45, 7) is 1.33. The summed E-state index contributed by atoms with van der Waals surface area (Å²) >= 11 is 8.63. The molecule has 1 aromatic carbocycles. The Bertz CT molecular complexity index is 483. The molecule has 0 bridgehead atoms. The van der Waals surface area contributed by atoms with Crippen LogP contribution in [0.4, 0.5) is 15.8 Å². The van der Waals surface area contributed by atoms with Gasteiger partial charge in [-0.15, -0.1) is 11.6 Å². The monoisotopic (exact) mass is 350 g/mol. The Kier molecular flexibility index (Phi) is 5.01. The lowest BCUT2D eigenvalue weighted by molar-refractivity contribution is -0.113. The number of halogens is 3. The van der Waals surface area contributed by atoms with E-state index in [0.717, 1.165) is 13.0 Å². The van der Waals surface area contributed by atoms with Crippen LogP contribution in [0.1, 0.15) is 6.42 Å². The van der Waals surface area contributed by atoms with E-state index in [1.807, 2.05) is 0 Å². The Labute approximate surface area is 123 Å². The number of carbonyl (C=O) groups is 1. The molecule has 1 heterocycles. The van der Waals surface area contributed by atoms with E-state index in [1.54, 1.807) is 6.07 Å². The molecule has 19 heavy (non-hydrogen) atoms.